The van der Waals surface area contributed by atoms with Crippen molar-refractivity contribution < 1.29 is 0 Å². The monoisotopic (exact) mass is 227 g/mol. The highest BCUT2D eigenvalue weighted by Crippen LogP contribution is 2.11. The predicted octanol–water partition coefficient (Wildman–Crippen LogP) is 2.82. The fraction of sp³-hybridized carbons (Fsp3) is 0.267. The molecular weight excluding hydrogens is 210 g/mol. The number of hydrogen-bond acceptors (Lipinski definition) is 1. The fourth-order valence-electron chi connectivity index (χ4n) is 1.98. The topological polar surface area (TPSA) is 22.0 Å². The van der Waals surface area contributed by atoms with E-state index in [-0.39, 0.29) is 5.56 Å². The second kappa shape index (κ2) is 4.58. The van der Waals surface area contributed by atoms with Crippen molar-refractivity contribution in [2.45, 2.75) is 27.3 Å². The Morgan fingerprint density at radius 1 is 1.00 bits per heavy atom. The van der Waals surface area contributed by atoms with E-state index in [1.54, 1.807) is 10.6 Å². The third-order valence-electron chi connectivity index (χ3n) is 2.97. The molecule has 0 aliphatic heterocycles. The third kappa shape index (κ3) is 2.64. The lowest BCUT2D eigenvalue weighted by Crippen LogP contribution is -2.19. The Hall–Kier alpha value is -1.83. The Kier molecular flexibility index (Phi) is 3.14. The molecule has 17 heavy (non-hydrogen) atoms. The molecule has 1 aromatic carbocycles. The molecule has 1 heterocycles. The Morgan fingerprint density at radius 2 is 1.71 bits per heavy atom. The van der Waals surface area contributed by atoms with Crippen molar-refractivity contribution in [2.75, 3.05) is 0 Å². The van der Waals surface area contributed by atoms with Gasteiger partial charge in [0.2, 0.25) is 0 Å². The summed E-state index contributed by atoms with van der Waals surface area (Å²) in [6, 6.07) is 9.80. The van der Waals surface area contributed by atoms with Gasteiger partial charge in [-0.15, -0.1) is 0 Å². The summed E-state index contributed by atoms with van der Waals surface area (Å²) in [6.45, 7) is 6.81. The lowest BCUT2D eigenvalue weighted by atomic mass is 10.1. The first kappa shape index (κ1) is 11.6. The lowest BCUT2D eigenvalue weighted by molar-refractivity contribution is 0.750. The maximum Gasteiger partial charge on any atom is 0.250 e. The molecule has 0 radical (unpaired) electrons. The largest absolute Gasteiger partial charge is 0.311 e. The van der Waals surface area contributed by atoms with Gasteiger partial charge in [-0.3, -0.25) is 4.79 Å². The normalized spacial score (nSPS) is 10.5. The Bertz CT molecular complexity index is 596. The molecule has 0 bridgehead atoms. The third-order valence-corrected chi connectivity index (χ3v) is 2.97. The molecule has 0 saturated carbocycles. The minimum Gasteiger partial charge on any atom is -0.311 e. The molecule has 0 spiro atoms. The fourth-order valence-corrected chi connectivity index (χ4v) is 1.98. The van der Waals surface area contributed by atoms with E-state index in [9.17, 15) is 4.79 Å². The molecule has 0 fully saturated rings. The van der Waals surface area contributed by atoms with Crippen molar-refractivity contribution in [3.05, 3.63) is 69.1 Å². The second-order valence-electron chi connectivity index (χ2n) is 4.60. The van der Waals surface area contributed by atoms with Crippen LogP contribution >= 0.6 is 0 Å². The summed E-state index contributed by atoms with van der Waals surface area (Å²) in [7, 11) is 0. The average molecular weight is 227 g/mol. The smallest absolute Gasteiger partial charge is 0.250 e. The van der Waals surface area contributed by atoms with Crippen molar-refractivity contribution in [3.8, 4) is 0 Å². The van der Waals surface area contributed by atoms with Crippen LogP contribution in [0, 0.1) is 20.8 Å². The van der Waals surface area contributed by atoms with Gasteiger partial charge in [-0.1, -0.05) is 29.8 Å². The van der Waals surface area contributed by atoms with Crippen molar-refractivity contribution in [1.29, 1.82) is 0 Å². The van der Waals surface area contributed by atoms with Gasteiger partial charge in [0.25, 0.3) is 5.56 Å². The molecule has 0 unspecified atom stereocenters. The quantitative estimate of drug-likeness (QED) is 0.773. The summed E-state index contributed by atoms with van der Waals surface area (Å²) >= 11 is 0. The van der Waals surface area contributed by atoms with Gasteiger partial charge in [0.15, 0.2) is 0 Å². The van der Waals surface area contributed by atoms with Gasteiger partial charge in [-0.25, -0.2) is 0 Å². The van der Waals surface area contributed by atoms with Crippen LogP contribution in [0.25, 0.3) is 0 Å². The van der Waals surface area contributed by atoms with Crippen LogP contribution in [0.4, 0.5) is 0 Å². The van der Waals surface area contributed by atoms with E-state index in [1.807, 2.05) is 19.2 Å². The molecule has 2 heteroatoms. The molecule has 0 saturated heterocycles. The summed E-state index contributed by atoms with van der Waals surface area (Å²) in [5, 5.41) is 0. The summed E-state index contributed by atoms with van der Waals surface area (Å²) in [5.74, 6) is 0. The SMILES string of the molecule is Cc1ccc(Cn2cc(C)ccc2=O)c(C)c1. The van der Waals surface area contributed by atoms with Gasteiger partial charge < -0.3 is 4.57 Å². The molecular formula is C15H17NO. The number of hydrogen-bond donors (Lipinski definition) is 0. The highest BCUT2D eigenvalue weighted by Gasteiger charge is 2.01. The zero-order chi connectivity index (χ0) is 12.4. The maximum atomic E-state index is 11.7. The van der Waals surface area contributed by atoms with Crippen LogP contribution in [0.3, 0.4) is 0 Å². The predicted molar refractivity (Wildman–Crippen MR) is 70.5 cm³/mol. The standard InChI is InChI=1S/C15H17NO/c1-11-4-6-14(13(3)8-11)10-16-9-12(2)5-7-15(16)17/h4-9H,10H2,1-3H3. The Balaban J connectivity index is 2.38. The number of rotatable bonds is 2. The van der Waals surface area contributed by atoms with Gasteiger partial charge in [0.1, 0.15) is 0 Å². The molecule has 2 nitrogen and oxygen atoms in total. The zero-order valence-corrected chi connectivity index (χ0v) is 10.5. The molecule has 88 valence electrons. The first-order valence-electron chi connectivity index (χ1n) is 5.79. The Morgan fingerprint density at radius 3 is 2.41 bits per heavy atom. The van der Waals surface area contributed by atoms with Gasteiger partial charge in [-0.2, -0.15) is 0 Å². The number of aryl methyl sites for hydroxylation is 3. The minimum absolute atomic E-state index is 0.0515. The first-order chi connectivity index (χ1) is 8.06. The van der Waals surface area contributed by atoms with Crippen LogP contribution < -0.4 is 5.56 Å². The van der Waals surface area contributed by atoms with Crippen molar-refractivity contribution >= 4 is 0 Å². The molecule has 0 aliphatic rings. The minimum atomic E-state index is 0.0515. The maximum absolute atomic E-state index is 11.7. The molecule has 2 aromatic rings. The highest BCUT2D eigenvalue weighted by molar-refractivity contribution is 5.30. The van der Waals surface area contributed by atoms with Crippen LogP contribution in [-0.2, 0) is 6.54 Å². The molecule has 0 aliphatic carbocycles. The van der Waals surface area contributed by atoms with E-state index < -0.39 is 0 Å². The van der Waals surface area contributed by atoms with E-state index in [1.165, 1.54) is 16.7 Å². The molecule has 0 amide bonds. The van der Waals surface area contributed by atoms with Crippen LogP contribution in [0.1, 0.15) is 22.3 Å². The molecule has 2 rings (SSSR count). The second-order valence-corrected chi connectivity index (χ2v) is 4.60. The molecule has 1 aromatic heterocycles. The lowest BCUT2D eigenvalue weighted by Gasteiger charge is -2.10. The van der Waals surface area contributed by atoms with Crippen molar-refractivity contribution in [2.24, 2.45) is 0 Å². The Labute approximate surface area is 102 Å². The summed E-state index contributed by atoms with van der Waals surface area (Å²) in [4.78, 5) is 11.7. The molecule has 0 atom stereocenters. The number of aromatic nitrogens is 1. The van der Waals surface area contributed by atoms with E-state index in [4.69, 9.17) is 0 Å². The van der Waals surface area contributed by atoms with Crippen LogP contribution in [0.5, 0.6) is 0 Å². The number of pyridine rings is 1. The van der Waals surface area contributed by atoms with Crippen LogP contribution in [-0.4, -0.2) is 4.57 Å². The zero-order valence-electron chi connectivity index (χ0n) is 10.5. The van der Waals surface area contributed by atoms with E-state index in [2.05, 4.69) is 32.0 Å². The van der Waals surface area contributed by atoms with Gasteiger partial charge in [0.05, 0.1) is 6.54 Å². The van der Waals surface area contributed by atoms with Gasteiger partial charge in [-0.05, 0) is 37.5 Å². The first-order valence-corrected chi connectivity index (χ1v) is 5.79. The highest BCUT2D eigenvalue weighted by atomic mass is 16.1. The van der Waals surface area contributed by atoms with E-state index in [0.717, 1.165) is 5.56 Å². The summed E-state index contributed by atoms with van der Waals surface area (Å²) in [6.07, 6.45) is 1.90. The molecule has 0 N–H and O–H groups in total. The van der Waals surface area contributed by atoms with Crippen molar-refractivity contribution in [1.82, 2.24) is 4.57 Å². The van der Waals surface area contributed by atoms with E-state index >= 15 is 0 Å². The number of nitrogens with zero attached hydrogens (tertiary/aromatic N) is 1. The van der Waals surface area contributed by atoms with E-state index in [0.29, 0.717) is 6.54 Å². The number of benzene rings is 1. The van der Waals surface area contributed by atoms with Gasteiger partial charge >= 0.3 is 0 Å². The van der Waals surface area contributed by atoms with Crippen LogP contribution in [0.15, 0.2) is 41.3 Å². The van der Waals surface area contributed by atoms with Crippen LogP contribution in [0.2, 0.25) is 0 Å². The summed E-state index contributed by atoms with van der Waals surface area (Å²) in [5.41, 5.74) is 4.84. The summed E-state index contributed by atoms with van der Waals surface area (Å²) < 4.78 is 1.76. The average Bonchev–Trinajstić information content (AvgIpc) is 2.27. The van der Waals surface area contributed by atoms with Gasteiger partial charge in [0, 0.05) is 12.3 Å². The van der Waals surface area contributed by atoms with Crippen molar-refractivity contribution in [3.63, 3.8) is 0 Å².